The van der Waals surface area contributed by atoms with Gasteiger partial charge in [-0.1, -0.05) is 0 Å². The Morgan fingerprint density at radius 2 is 2.45 bits per heavy atom. The first-order valence-corrected chi connectivity index (χ1v) is 3.42. The number of aliphatic hydroxyl groups is 1. The molecule has 0 radical (unpaired) electrons. The van der Waals surface area contributed by atoms with Crippen molar-refractivity contribution in [3.63, 3.8) is 0 Å². The summed E-state index contributed by atoms with van der Waals surface area (Å²) in [7, 11) is 0. The molecule has 0 spiro atoms. The van der Waals surface area contributed by atoms with Crippen molar-refractivity contribution in [1.82, 2.24) is 0 Å². The predicted octanol–water partition coefficient (Wildman–Crippen LogP) is -0.769. The van der Waals surface area contributed by atoms with Gasteiger partial charge in [0.15, 0.2) is 6.10 Å². The van der Waals surface area contributed by atoms with E-state index >= 15 is 0 Å². The molecular formula is C6H11NO4. The minimum absolute atomic E-state index is 0.226. The van der Waals surface area contributed by atoms with Crippen molar-refractivity contribution in [3.8, 4) is 0 Å². The average Bonchev–Trinajstić information content (AvgIpc) is 1.93. The highest BCUT2D eigenvalue weighted by atomic mass is 16.6. The molecule has 5 heteroatoms. The van der Waals surface area contributed by atoms with Crippen LogP contribution in [0.5, 0.6) is 0 Å². The Balaban J connectivity index is 2.35. The summed E-state index contributed by atoms with van der Waals surface area (Å²) in [6.45, 7) is 0.726. The van der Waals surface area contributed by atoms with Crippen molar-refractivity contribution in [2.75, 3.05) is 13.2 Å². The molecule has 11 heavy (non-hydrogen) atoms. The number of aliphatic hydroxyl groups excluding tert-OH is 1. The summed E-state index contributed by atoms with van der Waals surface area (Å²) in [5, 5.41) is 9.21. The molecule has 1 amide bonds. The van der Waals surface area contributed by atoms with Gasteiger partial charge in [-0.3, -0.25) is 0 Å². The van der Waals surface area contributed by atoms with E-state index in [0.717, 1.165) is 0 Å². The summed E-state index contributed by atoms with van der Waals surface area (Å²) in [4.78, 5) is 10.2. The quantitative estimate of drug-likeness (QED) is 0.529. The molecule has 1 fully saturated rings. The Bertz CT molecular complexity index is 150. The van der Waals surface area contributed by atoms with Gasteiger partial charge in [-0.05, 0) is 0 Å². The van der Waals surface area contributed by atoms with E-state index in [4.69, 9.17) is 10.5 Å². The lowest BCUT2D eigenvalue weighted by atomic mass is 10.1. The number of carbonyl (C=O) groups is 1. The molecule has 1 saturated heterocycles. The van der Waals surface area contributed by atoms with Gasteiger partial charge in [0.05, 0.1) is 12.7 Å². The SMILES string of the molecule is NC(=O)O[C@H]1COCC[C@@H]1O. The van der Waals surface area contributed by atoms with Gasteiger partial charge < -0.3 is 20.3 Å². The third kappa shape index (κ3) is 2.36. The van der Waals surface area contributed by atoms with Gasteiger partial charge in [0.1, 0.15) is 0 Å². The number of hydrogen-bond acceptors (Lipinski definition) is 4. The lowest BCUT2D eigenvalue weighted by Gasteiger charge is -2.26. The fraction of sp³-hybridized carbons (Fsp3) is 0.833. The number of primary amides is 1. The molecule has 1 aliphatic heterocycles. The number of hydrogen-bond donors (Lipinski definition) is 2. The fourth-order valence-corrected chi connectivity index (χ4v) is 0.962. The van der Waals surface area contributed by atoms with E-state index in [-0.39, 0.29) is 6.61 Å². The Morgan fingerprint density at radius 1 is 1.73 bits per heavy atom. The molecule has 5 nitrogen and oxygen atoms in total. The molecular weight excluding hydrogens is 150 g/mol. The second kappa shape index (κ2) is 3.54. The van der Waals surface area contributed by atoms with Crippen LogP contribution in [0, 0.1) is 0 Å². The van der Waals surface area contributed by atoms with E-state index in [9.17, 15) is 9.90 Å². The molecule has 3 N–H and O–H groups in total. The zero-order chi connectivity index (χ0) is 8.27. The molecule has 0 aliphatic carbocycles. The summed E-state index contributed by atoms with van der Waals surface area (Å²) in [5.41, 5.74) is 4.76. The number of ether oxygens (including phenoxy) is 2. The number of nitrogens with two attached hydrogens (primary N) is 1. The second-order valence-electron chi connectivity index (χ2n) is 2.41. The maximum atomic E-state index is 10.2. The maximum absolute atomic E-state index is 10.2. The van der Waals surface area contributed by atoms with Crippen molar-refractivity contribution < 1.29 is 19.4 Å². The summed E-state index contributed by atoms with van der Waals surface area (Å²) in [5.74, 6) is 0. The first-order valence-electron chi connectivity index (χ1n) is 3.42. The molecule has 1 rings (SSSR count). The Hall–Kier alpha value is -0.810. The standard InChI is InChI=1S/C6H11NO4/c7-6(9)11-5-3-10-2-1-4(5)8/h4-5,8H,1-3H2,(H2,7,9)/t4-,5-/m0/s1. The van der Waals surface area contributed by atoms with Crippen molar-refractivity contribution in [2.45, 2.75) is 18.6 Å². The van der Waals surface area contributed by atoms with Crippen molar-refractivity contribution in [3.05, 3.63) is 0 Å². The van der Waals surface area contributed by atoms with E-state index in [2.05, 4.69) is 4.74 Å². The van der Waals surface area contributed by atoms with Crippen LogP contribution in [0.15, 0.2) is 0 Å². The van der Waals surface area contributed by atoms with Gasteiger partial charge in [-0.15, -0.1) is 0 Å². The third-order valence-corrected chi connectivity index (χ3v) is 1.54. The molecule has 1 aliphatic rings. The highest BCUT2D eigenvalue weighted by Crippen LogP contribution is 2.10. The smallest absolute Gasteiger partial charge is 0.404 e. The molecule has 0 aromatic carbocycles. The van der Waals surface area contributed by atoms with E-state index < -0.39 is 18.3 Å². The van der Waals surface area contributed by atoms with Crippen LogP contribution in [0.3, 0.4) is 0 Å². The molecule has 1 heterocycles. The Morgan fingerprint density at radius 3 is 3.00 bits per heavy atom. The Labute approximate surface area is 64.1 Å². The first-order chi connectivity index (χ1) is 5.20. The molecule has 2 atom stereocenters. The van der Waals surface area contributed by atoms with Gasteiger partial charge in [-0.2, -0.15) is 0 Å². The summed E-state index contributed by atoms with van der Waals surface area (Å²) in [6.07, 6.45) is -1.63. The maximum Gasteiger partial charge on any atom is 0.404 e. The summed E-state index contributed by atoms with van der Waals surface area (Å²) in [6, 6.07) is 0. The van der Waals surface area contributed by atoms with E-state index in [0.29, 0.717) is 13.0 Å². The Kier molecular flexibility index (Phi) is 2.67. The van der Waals surface area contributed by atoms with Gasteiger partial charge in [-0.25, -0.2) is 4.79 Å². The minimum atomic E-state index is -0.875. The molecule has 64 valence electrons. The van der Waals surface area contributed by atoms with Gasteiger partial charge >= 0.3 is 6.09 Å². The predicted molar refractivity (Wildman–Crippen MR) is 35.9 cm³/mol. The fourth-order valence-electron chi connectivity index (χ4n) is 0.962. The van der Waals surface area contributed by atoms with Crippen LogP contribution in [-0.4, -0.2) is 36.6 Å². The van der Waals surface area contributed by atoms with E-state index in [1.54, 1.807) is 0 Å². The van der Waals surface area contributed by atoms with Crippen LogP contribution in [-0.2, 0) is 9.47 Å². The van der Waals surface area contributed by atoms with Gasteiger partial charge in [0.2, 0.25) is 0 Å². The number of rotatable bonds is 1. The third-order valence-electron chi connectivity index (χ3n) is 1.54. The van der Waals surface area contributed by atoms with Crippen LogP contribution in [0.25, 0.3) is 0 Å². The largest absolute Gasteiger partial charge is 0.441 e. The summed E-state index contributed by atoms with van der Waals surface area (Å²) >= 11 is 0. The molecule has 0 aromatic heterocycles. The lowest BCUT2D eigenvalue weighted by molar-refractivity contribution is -0.0877. The topological polar surface area (TPSA) is 81.8 Å². The van der Waals surface area contributed by atoms with E-state index in [1.807, 2.05) is 0 Å². The zero-order valence-electron chi connectivity index (χ0n) is 6.03. The summed E-state index contributed by atoms with van der Waals surface area (Å²) < 4.78 is 9.53. The zero-order valence-corrected chi connectivity index (χ0v) is 6.03. The highest BCUT2D eigenvalue weighted by Gasteiger charge is 2.26. The second-order valence-corrected chi connectivity index (χ2v) is 2.41. The lowest BCUT2D eigenvalue weighted by Crippen LogP contribution is -2.41. The number of carbonyl (C=O) groups excluding carboxylic acids is 1. The van der Waals surface area contributed by atoms with Crippen LogP contribution >= 0.6 is 0 Å². The van der Waals surface area contributed by atoms with Gasteiger partial charge in [0.25, 0.3) is 0 Å². The van der Waals surface area contributed by atoms with Crippen molar-refractivity contribution in [1.29, 1.82) is 0 Å². The normalized spacial score (nSPS) is 31.4. The first kappa shape index (κ1) is 8.29. The molecule has 0 unspecified atom stereocenters. The van der Waals surface area contributed by atoms with Crippen LogP contribution in [0.2, 0.25) is 0 Å². The molecule has 0 aromatic rings. The average molecular weight is 161 g/mol. The van der Waals surface area contributed by atoms with Crippen LogP contribution in [0.1, 0.15) is 6.42 Å². The minimum Gasteiger partial charge on any atom is -0.441 e. The molecule has 0 saturated carbocycles. The van der Waals surface area contributed by atoms with E-state index in [1.165, 1.54) is 0 Å². The van der Waals surface area contributed by atoms with Crippen LogP contribution < -0.4 is 5.73 Å². The highest BCUT2D eigenvalue weighted by molar-refractivity contribution is 5.64. The monoisotopic (exact) mass is 161 g/mol. The number of amides is 1. The van der Waals surface area contributed by atoms with Crippen molar-refractivity contribution in [2.24, 2.45) is 5.73 Å². The van der Waals surface area contributed by atoms with Crippen molar-refractivity contribution >= 4 is 6.09 Å². The molecule has 0 bridgehead atoms. The van der Waals surface area contributed by atoms with Gasteiger partial charge in [0, 0.05) is 13.0 Å². The van der Waals surface area contributed by atoms with Crippen LogP contribution in [0.4, 0.5) is 4.79 Å².